The Hall–Kier alpha value is -3.99. The summed E-state index contributed by atoms with van der Waals surface area (Å²) in [5, 5.41) is 22.7. The van der Waals surface area contributed by atoms with Crippen LogP contribution in [0.3, 0.4) is 0 Å². The Morgan fingerprint density at radius 2 is 1.61 bits per heavy atom. The van der Waals surface area contributed by atoms with E-state index in [1.165, 1.54) is 12.1 Å². The highest BCUT2D eigenvalue weighted by molar-refractivity contribution is 7.90. The van der Waals surface area contributed by atoms with Crippen LogP contribution in [0.4, 0.5) is 28.4 Å². The van der Waals surface area contributed by atoms with Gasteiger partial charge in [0.25, 0.3) is 5.69 Å². The van der Waals surface area contributed by atoms with Crippen LogP contribution in [0.15, 0.2) is 75.8 Å². The van der Waals surface area contributed by atoms with Crippen LogP contribution in [0.1, 0.15) is 19.4 Å². The zero-order valence-corrected chi connectivity index (χ0v) is 21.4. The maximum atomic E-state index is 12.2. The fourth-order valence-corrected chi connectivity index (χ4v) is 4.30. The summed E-state index contributed by atoms with van der Waals surface area (Å²) in [6.07, 6.45) is 0.972. The van der Waals surface area contributed by atoms with Gasteiger partial charge in [0.1, 0.15) is 22.0 Å². The summed E-state index contributed by atoms with van der Waals surface area (Å²) >= 11 is 0. The minimum absolute atomic E-state index is 0.0118. The molecule has 10 nitrogen and oxygen atoms in total. The van der Waals surface area contributed by atoms with Crippen LogP contribution >= 0.6 is 0 Å². The summed E-state index contributed by atoms with van der Waals surface area (Å²) in [6.45, 7) is 7.92. The number of aryl methyl sites for hydroxylation is 1. The average molecular weight is 512 g/mol. The number of ether oxygens (including phenoxy) is 1. The van der Waals surface area contributed by atoms with Gasteiger partial charge in [-0.3, -0.25) is 10.1 Å². The van der Waals surface area contributed by atoms with Gasteiger partial charge in [0, 0.05) is 37.2 Å². The molecule has 11 heteroatoms. The number of hydrogen-bond donors (Lipinski definition) is 1. The number of nitro benzene ring substituents is 1. The summed E-state index contributed by atoms with van der Waals surface area (Å²) < 4.78 is 30.3. The van der Waals surface area contributed by atoms with E-state index in [2.05, 4.69) is 34.3 Å². The Morgan fingerprint density at radius 3 is 2.22 bits per heavy atom. The summed E-state index contributed by atoms with van der Waals surface area (Å²) in [5.41, 5.74) is 2.87. The van der Waals surface area contributed by atoms with Crippen LogP contribution in [0, 0.1) is 17.0 Å². The van der Waals surface area contributed by atoms with E-state index in [-0.39, 0.29) is 23.0 Å². The molecule has 0 spiro atoms. The third-order valence-electron chi connectivity index (χ3n) is 5.45. The molecule has 0 saturated carbocycles. The molecule has 3 rings (SSSR count). The van der Waals surface area contributed by atoms with Gasteiger partial charge in [-0.2, -0.15) is 0 Å². The smallest absolute Gasteiger partial charge is 0.270 e. The predicted octanol–water partition coefficient (Wildman–Crippen LogP) is 6.02. The second kappa shape index (κ2) is 11.6. The molecule has 0 heterocycles. The minimum atomic E-state index is -3.78. The number of non-ortho nitro benzene ring substituents is 1. The van der Waals surface area contributed by atoms with E-state index in [1.807, 2.05) is 43.3 Å². The molecule has 0 atom stereocenters. The molecule has 1 N–H and O–H groups in total. The fourth-order valence-electron chi connectivity index (χ4n) is 3.47. The normalized spacial score (nSPS) is 11.4. The van der Waals surface area contributed by atoms with E-state index in [0.29, 0.717) is 17.1 Å². The first-order valence-electron chi connectivity index (χ1n) is 11.3. The number of nitrogens with one attached hydrogen (secondary N) is 1. The third kappa shape index (κ3) is 6.79. The van der Waals surface area contributed by atoms with Crippen molar-refractivity contribution >= 4 is 38.3 Å². The molecule has 0 fully saturated rings. The van der Waals surface area contributed by atoms with Crippen molar-refractivity contribution in [3.05, 3.63) is 76.3 Å². The number of rotatable bonds is 11. The largest absolute Gasteiger partial charge is 0.473 e. The second-order valence-corrected chi connectivity index (χ2v) is 10.0. The van der Waals surface area contributed by atoms with E-state index in [9.17, 15) is 18.5 Å². The van der Waals surface area contributed by atoms with Gasteiger partial charge in [0.2, 0.25) is 0 Å². The molecule has 3 aromatic rings. The van der Waals surface area contributed by atoms with Crippen LogP contribution in [0.2, 0.25) is 0 Å². The van der Waals surface area contributed by atoms with Crippen LogP contribution < -0.4 is 15.0 Å². The highest BCUT2D eigenvalue weighted by atomic mass is 32.2. The summed E-state index contributed by atoms with van der Waals surface area (Å²) in [6, 6.07) is 16.7. The predicted molar refractivity (Wildman–Crippen MR) is 141 cm³/mol. The lowest BCUT2D eigenvalue weighted by molar-refractivity contribution is -0.385. The van der Waals surface area contributed by atoms with E-state index in [1.54, 1.807) is 6.07 Å². The SMILES string of the molecule is CCN(CC)c1ccc(N=Nc2ccc([N+](=O)[O-])cc2S(C)(=O)=O)c(NCOc2ccc(C)cc2)c1. The molecule has 0 aliphatic carbocycles. The van der Waals surface area contributed by atoms with Crippen molar-refractivity contribution < 1.29 is 18.1 Å². The van der Waals surface area contributed by atoms with E-state index in [0.717, 1.165) is 36.7 Å². The van der Waals surface area contributed by atoms with Crippen LogP contribution in [-0.4, -0.2) is 39.4 Å². The molecular formula is C25H29N5O5S. The lowest BCUT2D eigenvalue weighted by Crippen LogP contribution is -2.21. The van der Waals surface area contributed by atoms with Gasteiger partial charge in [-0.05, 0) is 57.2 Å². The minimum Gasteiger partial charge on any atom is -0.473 e. The molecule has 0 unspecified atom stereocenters. The maximum absolute atomic E-state index is 12.2. The van der Waals surface area contributed by atoms with Gasteiger partial charge in [-0.1, -0.05) is 17.7 Å². The fraction of sp³-hybridized carbons (Fsp3) is 0.280. The highest BCUT2D eigenvalue weighted by Gasteiger charge is 2.19. The Bertz CT molecular complexity index is 1350. The molecule has 0 saturated heterocycles. The first-order chi connectivity index (χ1) is 17.1. The van der Waals surface area contributed by atoms with Crippen molar-refractivity contribution in [1.29, 1.82) is 0 Å². The van der Waals surface area contributed by atoms with Gasteiger partial charge < -0.3 is 15.0 Å². The van der Waals surface area contributed by atoms with Crippen LogP contribution in [-0.2, 0) is 9.84 Å². The summed E-state index contributed by atoms with van der Waals surface area (Å²) in [4.78, 5) is 12.4. The monoisotopic (exact) mass is 511 g/mol. The van der Waals surface area contributed by atoms with E-state index in [4.69, 9.17) is 4.74 Å². The number of nitro groups is 1. The molecule has 0 aliphatic heterocycles. The first-order valence-corrected chi connectivity index (χ1v) is 13.2. The standard InChI is InChI=1S/C25H29N5O5S/c1-5-29(6-2)19-9-13-22(24(15-19)26-17-35-21-11-7-18(3)8-12-21)27-28-23-14-10-20(30(31)32)16-25(23)36(4,33)34/h7-16,26H,5-6,17H2,1-4H3. The van der Waals surface area contributed by atoms with Gasteiger partial charge >= 0.3 is 0 Å². The summed E-state index contributed by atoms with van der Waals surface area (Å²) in [5.74, 6) is 0.708. The van der Waals surface area contributed by atoms with Gasteiger partial charge in [0.15, 0.2) is 16.6 Å². The average Bonchev–Trinajstić information content (AvgIpc) is 2.84. The molecule has 0 bridgehead atoms. The van der Waals surface area contributed by atoms with Crippen molar-refractivity contribution in [2.24, 2.45) is 10.2 Å². The van der Waals surface area contributed by atoms with Crippen molar-refractivity contribution in [1.82, 2.24) is 0 Å². The van der Waals surface area contributed by atoms with Gasteiger partial charge in [0.05, 0.1) is 10.6 Å². The molecule has 36 heavy (non-hydrogen) atoms. The molecule has 3 aromatic carbocycles. The topological polar surface area (TPSA) is 126 Å². The Balaban J connectivity index is 1.93. The molecule has 0 aliphatic rings. The van der Waals surface area contributed by atoms with Gasteiger partial charge in [-0.25, -0.2) is 8.42 Å². The molecule has 0 aromatic heterocycles. The maximum Gasteiger partial charge on any atom is 0.270 e. The van der Waals surface area contributed by atoms with Crippen molar-refractivity contribution in [3.8, 4) is 5.75 Å². The van der Waals surface area contributed by atoms with E-state index < -0.39 is 14.8 Å². The number of anilines is 2. The highest BCUT2D eigenvalue weighted by Crippen LogP contribution is 2.34. The zero-order chi connectivity index (χ0) is 26.3. The second-order valence-electron chi connectivity index (χ2n) is 8.03. The Labute approximate surface area is 210 Å². The molecule has 0 radical (unpaired) electrons. The Morgan fingerprint density at radius 1 is 0.972 bits per heavy atom. The van der Waals surface area contributed by atoms with Crippen LogP contribution in [0.5, 0.6) is 5.75 Å². The third-order valence-corrected chi connectivity index (χ3v) is 6.58. The first kappa shape index (κ1) is 26.6. The number of nitrogens with zero attached hydrogens (tertiary/aromatic N) is 4. The zero-order valence-electron chi connectivity index (χ0n) is 20.6. The Kier molecular flexibility index (Phi) is 8.59. The lowest BCUT2D eigenvalue weighted by atomic mass is 10.2. The van der Waals surface area contributed by atoms with Crippen molar-refractivity contribution in [2.45, 2.75) is 25.7 Å². The number of hydrogen-bond acceptors (Lipinski definition) is 9. The van der Waals surface area contributed by atoms with Gasteiger partial charge in [-0.15, -0.1) is 10.2 Å². The molecule has 0 amide bonds. The lowest BCUT2D eigenvalue weighted by Gasteiger charge is -2.22. The number of benzene rings is 3. The summed E-state index contributed by atoms with van der Waals surface area (Å²) in [7, 11) is -3.78. The van der Waals surface area contributed by atoms with Crippen molar-refractivity contribution in [2.75, 3.05) is 36.3 Å². The van der Waals surface area contributed by atoms with Crippen molar-refractivity contribution in [3.63, 3.8) is 0 Å². The van der Waals surface area contributed by atoms with E-state index >= 15 is 0 Å². The quantitative estimate of drug-likeness (QED) is 0.144. The number of azo groups is 1. The molecule has 190 valence electrons. The molecular weight excluding hydrogens is 482 g/mol. The van der Waals surface area contributed by atoms with Crippen LogP contribution in [0.25, 0.3) is 0 Å². The number of sulfone groups is 1.